The summed E-state index contributed by atoms with van der Waals surface area (Å²) < 4.78 is 0. The number of hydrogen-bond donors (Lipinski definition) is 1. The van der Waals surface area contributed by atoms with Crippen LogP contribution in [0.1, 0.15) is 35.8 Å². The summed E-state index contributed by atoms with van der Waals surface area (Å²) in [6.07, 6.45) is 3.21. The Morgan fingerprint density at radius 3 is 2.84 bits per heavy atom. The van der Waals surface area contributed by atoms with Crippen LogP contribution in [0.4, 0.5) is 0 Å². The molecule has 1 aromatic carbocycles. The molecule has 1 fully saturated rings. The topological polar surface area (TPSA) is 24.9 Å². The molecule has 3 heteroatoms. The maximum Gasteiger partial charge on any atom is 0.0576 e. The van der Waals surface area contributed by atoms with Gasteiger partial charge in [0, 0.05) is 23.2 Å². The fourth-order valence-corrected chi connectivity index (χ4v) is 2.77. The summed E-state index contributed by atoms with van der Waals surface area (Å²) in [5.41, 5.74) is 3.37. The number of hydrogen-bond acceptors (Lipinski definition) is 2. The largest absolute Gasteiger partial charge is 0.309 e. The third-order valence-electron chi connectivity index (χ3n) is 3.58. The third kappa shape index (κ3) is 2.96. The first-order valence-electron chi connectivity index (χ1n) is 6.75. The molecular formula is C16H17ClN2. The molecule has 0 saturated carbocycles. The standard InChI is InChI=1S/C16H17ClN2/c17-14-7-2-1-5-12(14)11-13-6-3-8-16(19-13)15-9-4-10-18-15/h1-3,5-8,15,18H,4,9-11H2/t15-/m1/s1. The number of halogens is 1. The van der Waals surface area contributed by atoms with Crippen LogP contribution in [0.2, 0.25) is 5.02 Å². The lowest BCUT2D eigenvalue weighted by Crippen LogP contribution is -2.14. The number of nitrogens with one attached hydrogen (secondary N) is 1. The SMILES string of the molecule is Clc1ccccc1Cc1cccc([C@H]2CCCN2)n1. The van der Waals surface area contributed by atoms with Gasteiger partial charge in [-0.2, -0.15) is 0 Å². The maximum absolute atomic E-state index is 6.20. The average molecular weight is 273 g/mol. The summed E-state index contributed by atoms with van der Waals surface area (Å²) in [5.74, 6) is 0. The molecule has 19 heavy (non-hydrogen) atoms. The first-order chi connectivity index (χ1) is 9.33. The Balaban J connectivity index is 1.81. The van der Waals surface area contributed by atoms with Gasteiger partial charge in [0.1, 0.15) is 0 Å². The fourth-order valence-electron chi connectivity index (χ4n) is 2.56. The summed E-state index contributed by atoms with van der Waals surface area (Å²) in [6.45, 7) is 1.10. The van der Waals surface area contributed by atoms with E-state index in [9.17, 15) is 0 Å². The first kappa shape index (κ1) is 12.6. The predicted octanol–water partition coefficient (Wildman–Crippen LogP) is 3.75. The van der Waals surface area contributed by atoms with Crippen molar-refractivity contribution in [3.05, 3.63) is 64.4 Å². The van der Waals surface area contributed by atoms with E-state index in [4.69, 9.17) is 16.6 Å². The van der Waals surface area contributed by atoms with Crippen molar-refractivity contribution in [2.45, 2.75) is 25.3 Å². The number of nitrogens with zero attached hydrogens (tertiary/aromatic N) is 1. The molecule has 1 N–H and O–H groups in total. The number of aromatic nitrogens is 1. The monoisotopic (exact) mass is 272 g/mol. The summed E-state index contributed by atoms with van der Waals surface area (Å²) in [4.78, 5) is 4.77. The van der Waals surface area contributed by atoms with Crippen molar-refractivity contribution in [2.75, 3.05) is 6.54 Å². The molecule has 2 heterocycles. The second-order valence-electron chi connectivity index (χ2n) is 4.97. The van der Waals surface area contributed by atoms with Gasteiger partial charge in [0.2, 0.25) is 0 Å². The molecule has 1 atom stereocenters. The van der Waals surface area contributed by atoms with E-state index in [1.807, 2.05) is 18.2 Å². The molecule has 1 aliphatic heterocycles. The molecule has 1 aromatic heterocycles. The van der Waals surface area contributed by atoms with Crippen LogP contribution in [0.3, 0.4) is 0 Å². The molecule has 0 spiro atoms. The number of rotatable bonds is 3. The normalized spacial score (nSPS) is 18.7. The Bertz CT molecular complexity index is 562. The summed E-state index contributed by atoms with van der Waals surface area (Å²) >= 11 is 6.20. The highest BCUT2D eigenvalue weighted by atomic mass is 35.5. The molecule has 98 valence electrons. The molecule has 3 rings (SSSR count). The van der Waals surface area contributed by atoms with Gasteiger partial charge in [-0.1, -0.05) is 35.9 Å². The molecule has 1 aliphatic rings. The van der Waals surface area contributed by atoms with Gasteiger partial charge >= 0.3 is 0 Å². The molecule has 0 radical (unpaired) electrons. The lowest BCUT2D eigenvalue weighted by Gasteiger charge is -2.11. The van der Waals surface area contributed by atoms with Crippen molar-refractivity contribution in [1.82, 2.24) is 10.3 Å². The molecular weight excluding hydrogens is 256 g/mol. The van der Waals surface area contributed by atoms with Crippen LogP contribution in [-0.2, 0) is 6.42 Å². The second kappa shape index (κ2) is 5.72. The summed E-state index contributed by atoms with van der Waals surface area (Å²) in [7, 11) is 0. The van der Waals surface area contributed by atoms with Crippen molar-refractivity contribution in [3.8, 4) is 0 Å². The van der Waals surface area contributed by atoms with E-state index >= 15 is 0 Å². The minimum Gasteiger partial charge on any atom is -0.309 e. The zero-order chi connectivity index (χ0) is 13.1. The Morgan fingerprint density at radius 2 is 2.05 bits per heavy atom. The Morgan fingerprint density at radius 1 is 1.16 bits per heavy atom. The van der Waals surface area contributed by atoms with Gasteiger partial charge < -0.3 is 5.32 Å². The summed E-state index contributed by atoms with van der Waals surface area (Å²) in [6, 6.07) is 14.7. The Kier molecular flexibility index (Phi) is 3.81. The first-order valence-corrected chi connectivity index (χ1v) is 7.13. The van der Waals surface area contributed by atoms with Crippen LogP contribution in [0.25, 0.3) is 0 Å². The Labute approximate surface area is 118 Å². The van der Waals surface area contributed by atoms with Crippen LogP contribution in [0.5, 0.6) is 0 Å². The molecule has 1 saturated heterocycles. The lowest BCUT2D eigenvalue weighted by atomic mass is 10.1. The highest BCUT2D eigenvalue weighted by Gasteiger charge is 2.17. The van der Waals surface area contributed by atoms with Crippen LogP contribution in [-0.4, -0.2) is 11.5 Å². The van der Waals surface area contributed by atoms with E-state index in [-0.39, 0.29) is 0 Å². The van der Waals surface area contributed by atoms with Crippen molar-refractivity contribution < 1.29 is 0 Å². The fraction of sp³-hybridized carbons (Fsp3) is 0.312. The maximum atomic E-state index is 6.20. The van der Waals surface area contributed by atoms with E-state index in [2.05, 4.69) is 29.6 Å². The average Bonchev–Trinajstić information content (AvgIpc) is 2.96. The molecule has 2 nitrogen and oxygen atoms in total. The minimum atomic E-state index is 0.422. The van der Waals surface area contributed by atoms with E-state index in [1.54, 1.807) is 0 Å². The van der Waals surface area contributed by atoms with Gasteiger partial charge in [-0.05, 0) is 43.1 Å². The lowest BCUT2D eigenvalue weighted by molar-refractivity contribution is 0.625. The quantitative estimate of drug-likeness (QED) is 0.920. The second-order valence-corrected chi connectivity index (χ2v) is 5.38. The zero-order valence-corrected chi connectivity index (χ0v) is 11.5. The van der Waals surface area contributed by atoms with Crippen molar-refractivity contribution >= 4 is 11.6 Å². The smallest absolute Gasteiger partial charge is 0.0576 e. The predicted molar refractivity (Wildman–Crippen MR) is 78.5 cm³/mol. The summed E-state index contributed by atoms with van der Waals surface area (Å²) in [5, 5.41) is 4.30. The van der Waals surface area contributed by atoms with E-state index in [1.165, 1.54) is 12.8 Å². The third-order valence-corrected chi connectivity index (χ3v) is 3.94. The van der Waals surface area contributed by atoms with Crippen LogP contribution in [0.15, 0.2) is 42.5 Å². The van der Waals surface area contributed by atoms with Crippen LogP contribution < -0.4 is 5.32 Å². The van der Waals surface area contributed by atoms with Crippen molar-refractivity contribution in [2.24, 2.45) is 0 Å². The van der Waals surface area contributed by atoms with Gasteiger partial charge in [-0.25, -0.2) is 0 Å². The van der Waals surface area contributed by atoms with Crippen molar-refractivity contribution in [1.29, 1.82) is 0 Å². The minimum absolute atomic E-state index is 0.422. The van der Waals surface area contributed by atoms with Gasteiger partial charge in [0.15, 0.2) is 0 Å². The molecule has 0 unspecified atom stereocenters. The zero-order valence-electron chi connectivity index (χ0n) is 10.8. The number of benzene rings is 1. The van der Waals surface area contributed by atoms with E-state index < -0.39 is 0 Å². The highest BCUT2D eigenvalue weighted by Crippen LogP contribution is 2.23. The van der Waals surface area contributed by atoms with Gasteiger partial charge in [0.25, 0.3) is 0 Å². The van der Waals surface area contributed by atoms with Crippen LogP contribution >= 0.6 is 11.6 Å². The Hall–Kier alpha value is -1.38. The van der Waals surface area contributed by atoms with Gasteiger partial charge in [0.05, 0.1) is 5.69 Å². The van der Waals surface area contributed by atoms with Gasteiger partial charge in [-0.3, -0.25) is 4.98 Å². The van der Waals surface area contributed by atoms with Gasteiger partial charge in [-0.15, -0.1) is 0 Å². The molecule has 0 bridgehead atoms. The highest BCUT2D eigenvalue weighted by molar-refractivity contribution is 6.31. The molecule has 0 amide bonds. The molecule has 0 aliphatic carbocycles. The van der Waals surface area contributed by atoms with E-state index in [0.717, 1.165) is 34.9 Å². The van der Waals surface area contributed by atoms with Crippen LogP contribution in [0, 0.1) is 0 Å². The van der Waals surface area contributed by atoms with E-state index in [0.29, 0.717) is 6.04 Å². The molecule has 2 aromatic rings. The van der Waals surface area contributed by atoms with Crippen molar-refractivity contribution in [3.63, 3.8) is 0 Å². The number of pyridine rings is 1.